The van der Waals surface area contributed by atoms with Gasteiger partial charge in [0.2, 0.25) is 0 Å². The third-order valence-electron chi connectivity index (χ3n) is 4.82. The molecule has 0 aromatic heterocycles. The number of nitrogens with zero attached hydrogens (tertiary/aromatic N) is 1. The van der Waals surface area contributed by atoms with E-state index in [4.69, 9.17) is 4.74 Å². The van der Waals surface area contributed by atoms with Gasteiger partial charge < -0.3 is 4.74 Å². The molecule has 4 rings (SSSR count). The zero-order valence-electron chi connectivity index (χ0n) is 15.9. The molecule has 0 spiro atoms. The molecule has 0 fully saturated rings. The smallest absolute Gasteiger partial charge is 0.331 e. The summed E-state index contributed by atoms with van der Waals surface area (Å²) in [6.07, 6.45) is 2.35. The van der Waals surface area contributed by atoms with E-state index in [1.165, 1.54) is 6.08 Å². The lowest BCUT2D eigenvalue weighted by atomic mass is 9.94. The molecule has 1 heterocycles. The molecule has 144 valence electrons. The number of esters is 1. The van der Waals surface area contributed by atoms with Crippen LogP contribution in [-0.4, -0.2) is 35.3 Å². The minimum atomic E-state index is -0.639. The summed E-state index contributed by atoms with van der Waals surface area (Å²) in [4.78, 5) is 39.0. The summed E-state index contributed by atoms with van der Waals surface area (Å²) in [6.45, 7) is 1.66. The van der Waals surface area contributed by atoms with Crippen LogP contribution >= 0.6 is 0 Å². The van der Waals surface area contributed by atoms with Gasteiger partial charge in [0.05, 0.1) is 6.54 Å². The summed E-state index contributed by atoms with van der Waals surface area (Å²) in [6, 6.07) is 20.2. The standard InChI is InChI=1S/C24H19NO4/c1-16(29-21(26)14-13-17-7-3-2-4-8-17)15-25-23(27)19-11-5-9-18-10-6-12-20(22(18)19)24(25)28/h2-14,16H,15H2,1H3/b14-13+/t16-/m1/s1. The molecule has 0 unspecified atom stereocenters. The Labute approximate surface area is 168 Å². The van der Waals surface area contributed by atoms with Crippen LogP contribution in [0.5, 0.6) is 0 Å². The van der Waals surface area contributed by atoms with Gasteiger partial charge in [0.15, 0.2) is 0 Å². The molecule has 5 heteroatoms. The normalized spacial score (nSPS) is 14.4. The molecule has 1 aliphatic rings. The first-order valence-corrected chi connectivity index (χ1v) is 9.36. The lowest BCUT2D eigenvalue weighted by Crippen LogP contribution is -2.44. The van der Waals surface area contributed by atoms with Crippen LogP contribution in [0.2, 0.25) is 0 Å². The predicted octanol–water partition coefficient (Wildman–Crippen LogP) is 4.08. The predicted molar refractivity (Wildman–Crippen MR) is 110 cm³/mol. The second-order valence-electron chi connectivity index (χ2n) is 6.92. The van der Waals surface area contributed by atoms with Crippen molar-refractivity contribution in [2.24, 2.45) is 0 Å². The third kappa shape index (κ3) is 3.67. The van der Waals surface area contributed by atoms with Gasteiger partial charge in [-0.05, 0) is 36.1 Å². The average Bonchev–Trinajstić information content (AvgIpc) is 2.74. The van der Waals surface area contributed by atoms with Crippen LogP contribution in [0.4, 0.5) is 0 Å². The minimum Gasteiger partial charge on any atom is -0.458 e. The Bertz CT molecular complexity index is 1080. The Balaban J connectivity index is 1.48. The van der Waals surface area contributed by atoms with Gasteiger partial charge in [-0.25, -0.2) is 4.79 Å². The highest BCUT2D eigenvalue weighted by Crippen LogP contribution is 2.30. The zero-order chi connectivity index (χ0) is 20.4. The monoisotopic (exact) mass is 385 g/mol. The maximum Gasteiger partial charge on any atom is 0.331 e. The number of amides is 2. The Morgan fingerprint density at radius 1 is 0.931 bits per heavy atom. The number of ether oxygens (including phenoxy) is 1. The fraction of sp³-hybridized carbons (Fsp3) is 0.125. The van der Waals surface area contributed by atoms with Crippen LogP contribution in [0.15, 0.2) is 72.8 Å². The number of hydrogen-bond donors (Lipinski definition) is 0. The van der Waals surface area contributed by atoms with Gasteiger partial charge in [-0.3, -0.25) is 14.5 Å². The fourth-order valence-electron chi connectivity index (χ4n) is 3.51. The Morgan fingerprint density at radius 3 is 2.17 bits per heavy atom. The van der Waals surface area contributed by atoms with Gasteiger partial charge in [0.25, 0.3) is 11.8 Å². The molecule has 3 aromatic carbocycles. The fourth-order valence-corrected chi connectivity index (χ4v) is 3.51. The molecular formula is C24H19NO4. The molecule has 0 saturated heterocycles. The Kier molecular flexibility index (Phi) is 4.96. The Morgan fingerprint density at radius 2 is 1.55 bits per heavy atom. The average molecular weight is 385 g/mol. The van der Waals surface area contributed by atoms with Crippen molar-refractivity contribution in [3.8, 4) is 0 Å². The number of imide groups is 1. The van der Waals surface area contributed by atoms with E-state index in [9.17, 15) is 14.4 Å². The van der Waals surface area contributed by atoms with Gasteiger partial charge in [0, 0.05) is 22.6 Å². The molecular weight excluding hydrogens is 366 g/mol. The van der Waals surface area contributed by atoms with E-state index in [1.54, 1.807) is 37.3 Å². The molecule has 2 amide bonds. The Hall–Kier alpha value is -3.73. The van der Waals surface area contributed by atoms with E-state index < -0.39 is 12.1 Å². The van der Waals surface area contributed by atoms with E-state index in [-0.39, 0.29) is 18.4 Å². The lowest BCUT2D eigenvalue weighted by molar-refractivity contribution is -0.142. The van der Waals surface area contributed by atoms with Crippen LogP contribution in [0.1, 0.15) is 33.2 Å². The lowest BCUT2D eigenvalue weighted by Gasteiger charge is -2.29. The number of carbonyl (C=O) groups is 3. The molecule has 0 saturated carbocycles. The second-order valence-corrected chi connectivity index (χ2v) is 6.92. The van der Waals surface area contributed by atoms with Crippen LogP contribution in [-0.2, 0) is 9.53 Å². The van der Waals surface area contributed by atoms with Gasteiger partial charge in [0.1, 0.15) is 6.10 Å². The number of carbonyl (C=O) groups excluding carboxylic acids is 3. The molecule has 1 aliphatic heterocycles. The van der Waals surface area contributed by atoms with Crippen molar-refractivity contribution in [2.75, 3.05) is 6.54 Å². The summed E-state index contributed by atoms with van der Waals surface area (Å²) in [5, 5.41) is 1.53. The van der Waals surface area contributed by atoms with Crippen molar-refractivity contribution in [3.05, 3.63) is 89.5 Å². The van der Waals surface area contributed by atoms with E-state index in [0.717, 1.165) is 15.8 Å². The van der Waals surface area contributed by atoms with Crippen molar-refractivity contribution in [1.29, 1.82) is 0 Å². The molecule has 5 nitrogen and oxygen atoms in total. The highest BCUT2D eigenvalue weighted by molar-refractivity contribution is 6.25. The maximum absolute atomic E-state index is 12.9. The van der Waals surface area contributed by atoms with Crippen LogP contribution in [0, 0.1) is 0 Å². The van der Waals surface area contributed by atoms with Crippen molar-refractivity contribution in [1.82, 2.24) is 4.90 Å². The molecule has 1 atom stereocenters. The van der Waals surface area contributed by atoms with Crippen LogP contribution < -0.4 is 0 Å². The summed E-state index contributed by atoms with van der Waals surface area (Å²) in [5.74, 6) is -1.27. The maximum atomic E-state index is 12.9. The molecule has 0 radical (unpaired) electrons. The first kappa shape index (κ1) is 18.6. The molecule has 3 aromatic rings. The molecule has 29 heavy (non-hydrogen) atoms. The second kappa shape index (κ2) is 7.72. The SMILES string of the molecule is C[C@H](CN1C(=O)c2cccc3cccc(c23)C1=O)OC(=O)/C=C/c1ccccc1. The van der Waals surface area contributed by atoms with Gasteiger partial charge in [-0.1, -0.05) is 54.6 Å². The first-order chi connectivity index (χ1) is 14.0. The van der Waals surface area contributed by atoms with Crippen molar-refractivity contribution in [3.63, 3.8) is 0 Å². The largest absolute Gasteiger partial charge is 0.458 e. The topological polar surface area (TPSA) is 63.7 Å². The van der Waals surface area contributed by atoms with Gasteiger partial charge in [-0.2, -0.15) is 0 Å². The van der Waals surface area contributed by atoms with Gasteiger partial charge >= 0.3 is 5.97 Å². The summed E-state index contributed by atoms with van der Waals surface area (Å²) < 4.78 is 5.36. The summed E-state index contributed by atoms with van der Waals surface area (Å²) in [5.41, 5.74) is 1.85. The van der Waals surface area contributed by atoms with E-state index in [0.29, 0.717) is 16.5 Å². The molecule has 0 N–H and O–H groups in total. The third-order valence-corrected chi connectivity index (χ3v) is 4.82. The summed E-state index contributed by atoms with van der Waals surface area (Å²) >= 11 is 0. The van der Waals surface area contributed by atoms with E-state index >= 15 is 0 Å². The highest BCUT2D eigenvalue weighted by Gasteiger charge is 2.33. The van der Waals surface area contributed by atoms with Gasteiger partial charge in [-0.15, -0.1) is 0 Å². The van der Waals surface area contributed by atoms with Crippen molar-refractivity contribution in [2.45, 2.75) is 13.0 Å². The van der Waals surface area contributed by atoms with E-state index in [2.05, 4.69) is 0 Å². The highest BCUT2D eigenvalue weighted by atomic mass is 16.5. The van der Waals surface area contributed by atoms with E-state index in [1.807, 2.05) is 42.5 Å². The quantitative estimate of drug-likeness (QED) is 0.377. The number of benzene rings is 3. The first-order valence-electron chi connectivity index (χ1n) is 9.36. The molecule has 0 aliphatic carbocycles. The zero-order valence-corrected chi connectivity index (χ0v) is 15.9. The van der Waals surface area contributed by atoms with Crippen molar-refractivity contribution < 1.29 is 19.1 Å². The number of rotatable bonds is 5. The summed E-state index contributed by atoms with van der Waals surface area (Å²) in [7, 11) is 0. The number of hydrogen-bond acceptors (Lipinski definition) is 4. The minimum absolute atomic E-state index is 0.00664. The van der Waals surface area contributed by atoms with Crippen LogP contribution in [0.3, 0.4) is 0 Å². The van der Waals surface area contributed by atoms with Crippen LogP contribution in [0.25, 0.3) is 16.8 Å². The van der Waals surface area contributed by atoms with Crippen molar-refractivity contribution >= 4 is 34.6 Å². The molecule has 0 bridgehead atoms.